The van der Waals surface area contributed by atoms with Crippen LogP contribution in [0.2, 0.25) is 0 Å². The van der Waals surface area contributed by atoms with E-state index in [2.05, 4.69) is 11.9 Å². The average Bonchev–Trinajstić information content (AvgIpc) is 2.71. The molecule has 0 unspecified atom stereocenters. The molecule has 1 aliphatic heterocycles. The predicted molar refractivity (Wildman–Crippen MR) is 72.1 cm³/mol. The molecule has 0 amide bonds. The standard InChI is InChI=1S/C13H13NO3S/c1-2-3-8-16-10-6-4-9(5-7-10)11-14-12(18)13(15)17-11/h4-7H,2-3,8H2,1H3. The third-order valence-electron chi connectivity index (χ3n) is 2.43. The van der Waals surface area contributed by atoms with Crippen molar-refractivity contribution in [3.63, 3.8) is 0 Å². The van der Waals surface area contributed by atoms with Gasteiger partial charge in [0.25, 0.3) is 0 Å². The highest BCUT2D eigenvalue weighted by atomic mass is 32.1. The van der Waals surface area contributed by atoms with Gasteiger partial charge in [-0.05, 0) is 30.7 Å². The fourth-order valence-electron chi connectivity index (χ4n) is 1.44. The summed E-state index contributed by atoms with van der Waals surface area (Å²) in [6, 6.07) is 7.23. The second-order valence-electron chi connectivity index (χ2n) is 3.84. The molecule has 0 fully saturated rings. The molecule has 4 nitrogen and oxygen atoms in total. The van der Waals surface area contributed by atoms with Crippen LogP contribution in [0.5, 0.6) is 5.75 Å². The SMILES string of the molecule is CCCCOc1ccc(C2=NC(=S)C(=O)O2)cc1. The fraction of sp³-hybridized carbons (Fsp3) is 0.308. The van der Waals surface area contributed by atoms with Crippen molar-refractivity contribution in [3.8, 4) is 5.75 Å². The van der Waals surface area contributed by atoms with Crippen molar-refractivity contribution < 1.29 is 14.3 Å². The number of carbonyl (C=O) groups excluding carboxylic acids is 1. The summed E-state index contributed by atoms with van der Waals surface area (Å²) in [5.74, 6) is 0.480. The van der Waals surface area contributed by atoms with Crippen LogP contribution in [0.1, 0.15) is 25.3 Å². The van der Waals surface area contributed by atoms with Crippen LogP contribution in [0.3, 0.4) is 0 Å². The minimum atomic E-state index is -0.566. The first kappa shape index (κ1) is 12.7. The Morgan fingerprint density at radius 3 is 2.61 bits per heavy atom. The first-order chi connectivity index (χ1) is 8.70. The number of unbranched alkanes of at least 4 members (excludes halogenated alkanes) is 1. The van der Waals surface area contributed by atoms with Crippen molar-refractivity contribution >= 4 is 29.1 Å². The zero-order chi connectivity index (χ0) is 13.0. The van der Waals surface area contributed by atoms with Crippen LogP contribution in [0.15, 0.2) is 29.3 Å². The molecule has 0 radical (unpaired) electrons. The first-order valence-electron chi connectivity index (χ1n) is 5.78. The zero-order valence-electron chi connectivity index (χ0n) is 10.0. The Morgan fingerprint density at radius 2 is 2.06 bits per heavy atom. The van der Waals surface area contributed by atoms with E-state index < -0.39 is 5.97 Å². The number of carbonyl (C=O) groups is 1. The van der Waals surface area contributed by atoms with Crippen molar-refractivity contribution in [2.45, 2.75) is 19.8 Å². The summed E-state index contributed by atoms with van der Waals surface area (Å²) in [4.78, 5) is 14.9. The number of rotatable bonds is 5. The molecule has 1 aromatic carbocycles. The molecule has 0 spiro atoms. The molecule has 0 saturated heterocycles. The second kappa shape index (κ2) is 5.73. The molecule has 0 saturated carbocycles. The van der Waals surface area contributed by atoms with Gasteiger partial charge < -0.3 is 9.47 Å². The van der Waals surface area contributed by atoms with E-state index in [-0.39, 0.29) is 10.9 Å². The van der Waals surface area contributed by atoms with Crippen LogP contribution in [0, 0.1) is 0 Å². The Balaban J connectivity index is 2.02. The summed E-state index contributed by atoms with van der Waals surface area (Å²) in [5.41, 5.74) is 0.714. The Kier molecular flexibility index (Phi) is 4.04. The quantitative estimate of drug-likeness (QED) is 0.465. The van der Waals surface area contributed by atoms with E-state index in [0.717, 1.165) is 18.6 Å². The molecule has 0 bridgehead atoms. The highest BCUT2D eigenvalue weighted by Crippen LogP contribution is 2.16. The highest BCUT2D eigenvalue weighted by molar-refractivity contribution is 7.82. The van der Waals surface area contributed by atoms with Gasteiger partial charge in [-0.3, -0.25) is 0 Å². The summed E-state index contributed by atoms with van der Waals surface area (Å²) < 4.78 is 10.5. The van der Waals surface area contributed by atoms with Gasteiger partial charge in [0.2, 0.25) is 10.9 Å². The van der Waals surface area contributed by atoms with E-state index in [4.69, 9.17) is 21.7 Å². The average molecular weight is 263 g/mol. The summed E-state index contributed by atoms with van der Waals surface area (Å²) in [6.07, 6.45) is 2.13. The number of nitrogens with zero attached hydrogens (tertiary/aromatic N) is 1. The van der Waals surface area contributed by atoms with Crippen molar-refractivity contribution in [1.82, 2.24) is 0 Å². The second-order valence-corrected chi connectivity index (χ2v) is 4.22. The number of esters is 1. The van der Waals surface area contributed by atoms with E-state index in [9.17, 15) is 4.79 Å². The molecule has 5 heteroatoms. The Bertz CT molecular complexity index is 493. The number of benzene rings is 1. The van der Waals surface area contributed by atoms with Crippen LogP contribution in [0.25, 0.3) is 0 Å². The third-order valence-corrected chi connectivity index (χ3v) is 2.69. The maximum absolute atomic E-state index is 11.1. The number of ether oxygens (including phenoxy) is 2. The fourth-order valence-corrected chi connectivity index (χ4v) is 1.57. The number of hydrogen-bond acceptors (Lipinski definition) is 4. The molecule has 1 heterocycles. The molecule has 18 heavy (non-hydrogen) atoms. The molecule has 94 valence electrons. The van der Waals surface area contributed by atoms with E-state index in [1.807, 2.05) is 12.1 Å². The zero-order valence-corrected chi connectivity index (χ0v) is 10.8. The van der Waals surface area contributed by atoms with Crippen LogP contribution in [-0.4, -0.2) is 23.5 Å². The molecule has 0 aromatic heterocycles. The maximum Gasteiger partial charge on any atom is 0.375 e. The van der Waals surface area contributed by atoms with E-state index in [1.165, 1.54) is 0 Å². The van der Waals surface area contributed by atoms with Crippen LogP contribution in [0.4, 0.5) is 0 Å². The Hall–Kier alpha value is -1.75. The van der Waals surface area contributed by atoms with E-state index in [1.54, 1.807) is 12.1 Å². The molecule has 1 aromatic rings. The molecule has 1 aliphatic rings. The van der Waals surface area contributed by atoms with Gasteiger partial charge in [0.1, 0.15) is 5.75 Å². The molecule has 0 aliphatic carbocycles. The summed E-state index contributed by atoms with van der Waals surface area (Å²) in [6.45, 7) is 2.82. The number of cyclic esters (lactones) is 1. The molecular formula is C13H13NO3S. The van der Waals surface area contributed by atoms with Gasteiger partial charge in [-0.15, -0.1) is 0 Å². The molecule has 0 atom stereocenters. The molecular weight excluding hydrogens is 250 g/mol. The lowest BCUT2D eigenvalue weighted by Gasteiger charge is -2.05. The van der Waals surface area contributed by atoms with Crippen molar-refractivity contribution in [1.29, 1.82) is 0 Å². The largest absolute Gasteiger partial charge is 0.494 e. The maximum atomic E-state index is 11.1. The lowest BCUT2D eigenvalue weighted by atomic mass is 10.2. The summed E-state index contributed by atoms with van der Waals surface area (Å²) in [7, 11) is 0. The monoisotopic (exact) mass is 263 g/mol. The van der Waals surface area contributed by atoms with Crippen molar-refractivity contribution in [3.05, 3.63) is 29.8 Å². The number of thiocarbonyl (C=S) groups is 1. The van der Waals surface area contributed by atoms with E-state index in [0.29, 0.717) is 12.2 Å². The lowest BCUT2D eigenvalue weighted by molar-refractivity contribution is -0.127. The van der Waals surface area contributed by atoms with Gasteiger partial charge in [0.15, 0.2) is 0 Å². The topological polar surface area (TPSA) is 47.9 Å². The summed E-state index contributed by atoms with van der Waals surface area (Å²) >= 11 is 4.73. The normalized spacial score (nSPS) is 14.4. The van der Waals surface area contributed by atoms with Gasteiger partial charge in [-0.2, -0.15) is 4.99 Å². The lowest BCUT2D eigenvalue weighted by Crippen LogP contribution is -2.07. The van der Waals surface area contributed by atoms with E-state index >= 15 is 0 Å². The summed E-state index contributed by atoms with van der Waals surface area (Å²) in [5, 5.41) is 0. The third kappa shape index (κ3) is 2.92. The Morgan fingerprint density at radius 1 is 1.33 bits per heavy atom. The van der Waals surface area contributed by atoms with Crippen molar-refractivity contribution in [2.24, 2.45) is 4.99 Å². The number of aliphatic imine (C=N–C) groups is 1. The Labute approximate surface area is 111 Å². The van der Waals surface area contributed by atoms with Crippen LogP contribution >= 0.6 is 12.2 Å². The van der Waals surface area contributed by atoms with Gasteiger partial charge in [-0.1, -0.05) is 25.6 Å². The first-order valence-corrected chi connectivity index (χ1v) is 6.19. The number of hydrogen-bond donors (Lipinski definition) is 0. The molecule has 0 N–H and O–H groups in total. The van der Waals surface area contributed by atoms with Gasteiger partial charge >= 0.3 is 5.97 Å². The predicted octanol–water partition coefficient (Wildman–Crippen LogP) is 2.50. The molecule has 2 rings (SSSR count). The minimum absolute atomic E-state index is 0.0340. The minimum Gasteiger partial charge on any atom is -0.494 e. The smallest absolute Gasteiger partial charge is 0.375 e. The highest BCUT2D eigenvalue weighted by Gasteiger charge is 2.23. The van der Waals surface area contributed by atoms with Crippen LogP contribution < -0.4 is 4.74 Å². The van der Waals surface area contributed by atoms with Crippen molar-refractivity contribution in [2.75, 3.05) is 6.61 Å². The van der Waals surface area contributed by atoms with Gasteiger partial charge in [0.05, 0.1) is 6.61 Å². The van der Waals surface area contributed by atoms with Gasteiger partial charge in [0, 0.05) is 5.56 Å². The van der Waals surface area contributed by atoms with Crippen LogP contribution in [-0.2, 0) is 9.53 Å². The van der Waals surface area contributed by atoms with Gasteiger partial charge in [-0.25, -0.2) is 4.79 Å².